The van der Waals surface area contributed by atoms with E-state index in [0.717, 1.165) is 26.7 Å². The molecule has 0 amide bonds. The van der Waals surface area contributed by atoms with Crippen LogP contribution >= 0.6 is 27.3 Å². The van der Waals surface area contributed by atoms with Crippen molar-refractivity contribution in [2.45, 2.75) is 6.92 Å². The van der Waals surface area contributed by atoms with E-state index in [1.54, 1.807) is 0 Å². The maximum Gasteiger partial charge on any atom is 0.328 e. The van der Waals surface area contributed by atoms with Crippen molar-refractivity contribution in [3.05, 3.63) is 44.7 Å². The van der Waals surface area contributed by atoms with Crippen molar-refractivity contribution in [1.82, 2.24) is 4.98 Å². The fraction of sp³-hybridized carbons (Fsp3) is 0.0769. The molecule has 18 heavy (non-hydrogen) atoms. The molecule has 1 heterocycles. The summed E-state index contributed by atoms with van der Waals surface area (Å²) in [5.41, 5.74) is 1.93. The molecule has 0 saturated heterocycles. The fourth-order valence-electron chi connectivity index (χ4n) is 1.51. The van der Waals surface area contributed by atoms with Crippen LogP contribution in [0.25, 0.3) is 17.3 Å². The van der Waals surface area contributed by atoms with Crippen LogP contribution in [-0.4, -0.2) is 16.1 Å². The molecule has 3 nitrogen and oxygen atoms in total. The molecule has 0 saturated carbocycles. The number of halogens is 1. The Balaban J connectivity index is 2.34. The summed E-state index contributed by atoms with van der Waals surface area (Å²) in [6.07, 6.45) is 2.62. The topological polar surface area (TPSA) is 50.2 Å². The average molecular weight is 324 g/mol. The number of hydrogen-bond donors (Lipinski definition) is 1. The average Bonchev–Trinajstić information content (AvgIpc) is 2.69. The van der Waals surface area contributed by atoms with Crippen LogP contribution < -0.4 is 0 Å². The highest BCUT2D eigenvalue weighted by molar-refractivity contribution is 9.10. The number of benzene rings is 1. The molecule has 92 valence electrons. The lowest BCUT2D eigenvalue weighted by molar-refractivity contribution is -0.131. The summed E-state index contributed by atoms with van der Waals surface area (Å²) in [6.45, 7) is 1.98. The predicted octanol–water partition coefficient (Wildman–Crippen LogP) is 3.98. The molecule has 0 aliphatic heterocycles. The minimum absolute atomic E-state index is 0.702. The van der Waals surface area contributed by atoms with Crippen molar-refractivity contribution in [2.75, 3.05) is 0 Å². The Bertz CT molecular complexity index is 602. The van der Waals surface area contributed by atoms with Gasteiger partial charge in [-0.05, 0) is 25.1 Å². The molecule has 2 aromatic rings. The van der Waals surface area contributed by atoms with Gasteiger partial charge in [-0.2, -0.15) is 0 Å². The third-order valence-corrected chi connectivity index (χ3v) is 3.76. The number of aryl methyl sites for hydroxylation is 1. The molecule has 0 bridgehead atoms. The summed E-state index contributed by atoms with van der Waals surface area (Å²) in [5, 5.41) is 9.28. The fourth-order valence-corrected chi connectivity index (χ4v) is 2.62. The Morgan fingerprint density at radius 1 is 1.39 bits per heavy atom. The molecule has 0 aliphatic carbocycles. The summed E-state index contributed by atoms with van der Waals surface area (Å²) in [6, 6.07) is 7.88. The second kappa shape index (κ2) is 5.46. The van der Waals surface area contributed by atoms with Crippen molar-refractivity contribution >= 4 is 39.3 Å². The van der Waals surface area contributed by atoms with E-state index in [4.69, 9.17) is 5.11 Å². The number of aliphatic carboxylic acids is 1. The largest absolute Gasteiger partial charge is 0.478 e. The van der Waals surface area contributed by atoms with Crippen molar-refractivity contribution < 1.29 is 9.90 Å². The number of carbonyl (C=O) groups is 1. The summed E-state index contributed by atoms with van der Waals surface area (Å²) < 4.78 is 1.02. The normalized spacial score (nSPS) is 11.0. The Hall–Kier alpha value is -1.46. The third-order valence-electron chi connectivity index (χ3n) is 2.30. The quantitative estimate of drug-likeness (QED) is 0.869. The van der Waals surface area contributed by atoms with E-state index in [9.17, 15) is 4.79 Å². The minimum atomic E-state index is -0.965. The Labute approximate surface area is 117 Å². The van der Waals surface area contributed by atoms with Gasteiger partial charge < -0.3 is 5.11 Å². The number of hydrogen-bond acceptors (Lipinski definition) is 3. The lowest BCUT2D eigenvalue weighted by Crippen LogP contribution is -1.85. The minimum Gasteiger partial charge on any atom is -0.478 e. The van der Waals surface area contributed by atoms with Gasteiger partial charge >= 0.3 is 5.97 Å². The summed E-state index contributed by atoms with van der Waals surface area (Å²) in [4.78, 5) is 16.0. The maximum atomic E-state index is 10.5. The number of rotatable bonds is 3. The van der Waals surface area contributed by atoms with E-state index >= 15 is 0 Å². The van der Waals surface area contributed by atoms with E-state index in [1.165, 1.54) is 17.4 Å². The molecular weight excluding hydrogens is 314 g/mol. The van der Waals surface area contributed by atoms with Gasteiger partial charge in [0.1, 0.15) is 5.01 Å². The van der Waals surface area contributed by atoms with Crippen molar-refractivity contribution in [3.63, 3.8) is 0 Å². The summed E-state index contributed by atoms with van der Waals surface area (Å²) in [5.74, 6) is -0.965. The molecule has 1 aromatic heterocycles. The van der Waals surface area contributed by atoms with Crippen LogP contribution in [0.3, 0.4) is 0 Å². The van der Waals surface area contributed by atoms with Gasteiger partial charge in [-0.25, -0.2) is 9.78 Å². The third kappa shape index (κ3) is 3.05. The van der Waals surface area contributed by atoms with E-state index in [1.807, 2.05) is 31.2 Å². The Kier molecular flexibility index (Phi) is 3.93. The second-order valence-corrected chi connectivity index (χ2v) is 5.79. The van der Waals surface area contributed by atoms with E-state index in [-0.39, 0.29) is 0 Å². The van der Waals surface area contributed by atoms with Gasteiger partial charge in [-0.15, -0.1) is 11.3 Å². The zero-order valence-corrected chi connectivity index (χ0v) is 12.0. The first kappa shape index (κ1) is 13.0. The smallest absolute Gasteiger partial charge is 0.328 e. The van der Waals surface area contributed by atoms with E-state index < -0.39 is 5.97 Å². The lowest BCUT2D eigenvalue weighted by Gasteiger charge is -1.98. The van der Waals surface area contributed by atoms with Crippen LogP contribution in [0, 0.1) is 6.92 Å². The van der Waals surface area contributed by atoms with Crippen LogP contribution in [0.5, 0.6) is 0 Å². The molecule has 0 spiro atoms. The zero-order valence-electron chi connectivity index (χ0n) is 9.55. The first-order valence-corrected chi connectivity index (χ1v) is 6.81. The molecule has 0 aliphatic rings. The monoisotopic (exact) mass is 323 g/mol. The van der Waals surface area contributed by atoms with Gasteiger partial charge in [-0.3, -0.25) is 0 Å². The molecule has 0 unspecified atom stereocenters. The van der Waals surface area contributed by atoms with E-state index in [0.29, 0.717) is 5.01 Å². The predicted molar refractivity (Wildman–Crippen MR) is 76.7 cm³/mol. The standard InChI is InChI=1S/C13H10BrNO2S/c1-8-13(9-2-4-10(14)5-3-9)15-11(18-8)6-7-12(16)17/h2-7H,1H3,(H,16,17)/b7-6+. The van der Waals surface area contributed by atoms with Gasteiger partial charge in [0.15, 0.2) is 0 Å². The van der Waals surface area contributed by atoms with Gasteiger partial charge in [0.2, 0.25) is 0 Å². The van der Waals surface area contributed by atoms with Gasteiger partial charge in [0, 0.05) is 21.0 Å². The highest BCUT2D eigenvalue weighted by atomic mass is 79.9. The number of aromatic nitrogens is 1. The molecule has 0 fully saturated rings. The van der Waals surface area contributed by atoms with Crippen LogP contribution in [0.4, 0.5) is 0 Å². The van der Waals surface area contributed by atoms with Crippen LogP contribution in [-0.2, 0) is 4.79 Å². The number of thiazole rings is 1. The lowest BCUT2D eigenvalue weighted by atomic mass is 10.1. The molecule has 5 heteroatoms. The SMILES string of the molecule is Cc1sc(/C=C/C(=O)O)nc1-c1ccc(Br)cc1. The molecule has 0 atom stereocenters. The molecular formula is C13H10BrNO2S. The molecule has 1 N–H and O–H groups in total. The summed E-state index contributed by atoms with van der Waals surface area (Å²) >= 11 is 4.87. The van der Waals surface area contributed by atoms with Gasteiger partial charge in [0.25, 0.3) is 0 Å². The summed E-state index contributed by atoms with van der Waals surface area (Å²) in [7, 11) is 0. The van der Waals surface area contributed by atoms with Crippen molar-refractivity contribution in [3.8, 4) is 11.3 Å². The number of nitrogens with zero attached hydrogens (tertiary/aromatic N) is 1. The first-order chi connectivity index (χ1) is 8.56. The highest BCUT2D eigenvalue weighted by Gasteiger charge is 2.08. The van der Waals surface area contributed by atoms with Crippen LogP contribution in [0.1, 0.15) is 9.88 Å². The van der Waals surface area contributed by atoms with Crippen LogP contribution in [0.2, 0.25) is 0 Å². The Morgan fingerprint density at radius 2 is 2.06 bits per heavy atom. The second-order valence-electron chi connectivity index (χ2n) is 3.64. The Morgan fingerprint density at radius 3 is 2.67 bits per heavy atom. The number of carboxylic acids is 1. The molecule has 2 rings (SSSR count). The van der Waals surface area contributed by atoms with Crippen molar-refractivity contribution in [1.29, 1.82) is 0 Å². The van der Waals surface area contributed by atoms with Gasteiger partial charge in [0.05, 0.1) is 5.69 Å². The van der Waals surface area contributed by atoms with E-state index in [2.05, 4.69) is 20.9 Å². The first-order valence-electron chi connectivity index (χ1n) is 5.20. The molecule has 0 radical (unpaired) electrons. The molecule has 1 aromatic carbocycles. The van der Waals surface area contributed by atoms with Gasteiger partial charge in [-0.1, -0.05) is 28.1 Å². The number of carboxylic acid groups (broad SMARTS) is 1. The zero-order chi connectivity index (χ0) is 13.1. The maximum absolute atomic E-state index is 10.5. The van der Waals surface area contributed by atoms with Crippen LogP contribution in [0.15, 0.2) is 34.8 Å². The highest BCUT2D eigenvalue weighted by Crippen LogP contribution is 2.28. The van der Waals surface area contributed by atoms with Crippen molar-refractivity contribution in [2.24, 2.45) is 0 Å².